The van der Waals surface area contributed by atoms with Crippen molar-refractivity contribution in [3.05, 3.63) is 101 Å². The smallest absolute Gasteiger partial charge is 0.263 e. The van der Waals surface area contributed by atoms with Crippen LogP contribution in [0.1, 0.15) is 30.9 Å². The summed E-state index contributed by atoms with van der Waals surface area (Å²) in [6.07, 6.45) is 4.16. The predicted molar refractivity (Wildman–Crippen MR) is 139 cm³/mol. The van der Waals surface area contributed by atoms with Crippen molar-refractivity contribution in [1.29, 1.82) is 0 Å². The van der Waals surface area contributed by atoms with Gasteiger partial charge in [-0.05, 0) is 41.2 Å². The van der Waals surface area contributed by atoms with Gasteiger partial charge in [-0.25, -0.2) is 4.98 Å². The van der Waals surface area contributed by atoms with Gasteiger partial charge < -0.3 is 11.1 Å². The van der Waals surface area contributed by atoms with Gasteiger partial charge >= 0.3 is 0 Å². The zero-order valence-electron chi connectivity index (χ0n) is 19.9. The van der Waals surface area contributed by atoms with Crippen LogP contribution in [0.2, 0.25) is 0 Å². The Balaban J connectivity index is 1.72. The second-order valence-electron chi connectivity index (χ2n) is 8.87. The molecule has 0 radical (unpaired) electrons. The van der Waals surface area contributed by atoms with Crippen LogP contribution in [-0.2, 0) is 13.5 Å². The molecule has 174 valence electrons. The maximum atomic E-state index is 13.6. The molecule has 0 unspecified atom stereocenters. The first-order valence-electron chi connectivity index (χ1n) is 11.6. The van der Waals surface area contributed by atoms with Gasteiger partial charge in [-0.1, -0.05) is 68.4 Å². The van der Waals surface area contributed by atoms with Crippen LogP contribution in [0.5, 0.6) is 0 Å². The van der Waals surface area contributed by atoms with E-state index in [4.69, 9.17) is 10.7 Å². The number of anilines is 1. The number of hydrogen-bond donors (Lipinski definition) is 2. The molecule has 0 aliphatic rings. The molecule has 2 aromatic heterocycles. The standard InChI is InChI=1S/C28H31N5O/c1-19(2)22-10-7-11-23(17-22)25-26(21-12-14-30-15-13-21)32-28(33(3)27(25)34)31-18-24(29)16-20-8-5-4-6-9-20/h4-15,17,19,24H,16,18,29H2,1-3H3,(H,31,32)/t24-/m1/s1. The molecule has 6 heteroatoms. The molecule has 0 bridgehead atoms. The summed E-state index contributed by atoms with van der Waals surface area (Å²) < 4.78 is 1.57. The molecule has 3 N–H and O–H groups in total. The molecule has 34 heavy (non-hydrogen) atoms. The lowest BCUT2D eigenvalue weighted by Crippen LogP contribution is -2.34. The van der Waals surface area contributed by atoms with Crippen molar-refractivity contribution in [3.8, 4) is 22.4 Å². The summed E-state index contributed by atoms with van der Waals surface area (Å²) in [5.74, 6) is 0.845. The number of pyridine rings is 1. The fourth-order valence-electron chi connectivity index (χ4n) is 4.00. The monoisotopic (exact) mass is 453 g/mol. The van der Waals surface area contributed by atoms with Gasteiger partial charge in [0, 0.05) is 37.6 Å². The SMILES string of the molecule is CC(C)c1cccc(-c2c(-c3ccncc3)nc(NC[C@H](N)Cc3ccccc3)n(C)c2=O)c1. The molecule has 0 fully saturated rings. The van der Waals surface area contributed by atoms with Crippen LogP contribution in [0.3, 0.4) is 0 Å². The summed E-state index contributed by atoms with van der Waals surface area (Å²) in [6, 6.07) is 21.9. The van der Waals surface area contributed by atoms with Crippen molar-refractivity contribution in [1.82, 2.24) is 14.5 Å². The minimum absolute atomic E-state index is 0.109. The summed E-state index contributed by atoms with van der Waals surface area (Å²) in [5, 5.41) is 3.30. The number of aromatic nitrogens is 3. The van der Waals surface area contributed by atoms with Gasteiger partial charge in [-0.2, -0.15) is 0 Å². The minimum atomic E-state index is -0.119. The number of nitrogens with two attached hydrogens (primary N) is 1. The van der Waals surface area contributed by atoms with Crippen LogP contribution in [0.4, 0.5) is 5.95 Å². The van der Waals surface area contributed by atoms with Crippen molar-refractivity contribution >= 4 is 5.95 Å². The van der Waals surface area contributed by atoms with E-state index in [0.717, 1.165) is 17.5 Å². The maximum absolute atomic E-state index is 13.6. The summed E-state index contributed by atoms with van der Waals surface area (Å²) in [6.45, 7) is 4.78. The highest BCUT2D eigenvalue weighted by atomic mass is 16.1. The molecule has 2 aromatic carbocycles. The van der Waals surface area contributed by atoms with Crippen LogP contribution in [0, 0.1) is 0 Å². The van der Waals surface area contributed by atoms with E-state index < -0.39 is 0 Å². The highest BCUT2D eigenvalue weighted by Crippen LogP contribution is 2.30. The number of benzene rings is 2. The Morgan fingerprint density at radius 3 is 2.41 bits per heavy atom. The lowest BCUT2D eigenvalue weighted by molar-refractivity contribution is 0.688. The van der Waals surface area contributed by atoms with Crippen LogP contribution in [0.25, 0.3) is 22.4 Å². The average Bonchev–Trinajstić information content (AvgIpc) is 2.86. The van der Waals surface area contributed by atoms with E-state index in [1.165, 1.54) is 11.1 Å². The summed E-state index contributed by atoms with van der Waals surface area (Å²) in [4.78, 5) is 22.7. The summed E-state index contributed by atoms with van der Waals surface area (Å²) >= 11 is 0. The highest BCUT2D eigenvalue weighted by molar-refractivity contribution is 5.81. The van der Waals surface area contributed by atoms with E-state index >= 15 is 0 Å². The fourth-order valence-corrected chi connectivity index (χ4v) is 4.00. The molecule has 2 heterocycles. The predicted octanol–water partition coefficient (Wildman–Crippen LogP) is 4.61. The van der Waals surface area contributed by atoms with Gasteiger partial charge in [0.05, 0.1) is 11.3 Å². The first-order valence-corrected chi connectivity index (χ1v) is 11.6. The van der Waals surface area contributed by atoms with Crippen LogP contribution < -0.4 is 16.6 Å². The third-order valence-corrected chi connectivity index (χ3v) is 5.95. The molecular weight excluding hydrogens is 422 g/mol. The molecule has 4 aromatic rings. The Hall–Kier alpha value is -3.77. The number of nitrogens with one attached hydrogen (secondary N) is 1. The fraction of sp³-hybridized carbons (Fsp3) is 0.250. The molecule has 0 saturated carbocycles. The Kier molecular flexibility index (Phi) is 7.18. The Labute approximate surface area is 200 Å². The van der Waals surface area contributed by atoms with E-state index in [-0.39, 0.29) is 11.6 Å². The Morgan fingerprint density at radius 2 is 1.71 bits per heavy atom. The topological polar surface area (TPSA) is 85.8 Å². The van der Waals surface area contributed by atoms with Gasteiger partial charge in [0.1, 0.15) is 0 Å². The van der Waals surface area contributed by atoms with E-state index in [2.05, 4.69) is 48.4 Å². The zero-order valence-corrected chi connectivity index (χ0v) is 19.9. The van der Waals surface area contributed by atoms with E-state index in [0.29, 0.717) is 29.7 Å². The Bertz CT molecular complexity index is 1300. The maximum Gasteiger partial charge on any atom is 0.263 e. The first-order chi connectivity index (χ1) is 16.4. The minimum Gasteiger partial charge on any atom is -0.354 e. The van der Waals surface area contributed by atoms with Crippen LogP contribution in [-0.4, -0.2) is 27.1 Å². The molecular formula is C28H31N5O. The second-order valence-corrected chi connectivity index (χ2v) is 8.87. The van der Waals surface area contributed by atoms with Gasteiger partial charge in [-0.15, -0.1) is 0 Å². The van der Waals surface area contributed by atoms with Gasteiger partial charge in [0.2, 0.25) is 5.95 Å². The zero-order chi connectivity index (χ0) is 24.1. The Morgan fingerprint density at radius 1 is 0.971 bits per heavy atom. The number of nitrogens with zero attached hydrogens (tertiary/aromatic N) is 3. The van der Waals surface area contributed by atoms with Crippen LogP contribution in [0.15, 0.2) is 83.9 Å². The normalized spacial score (nSPS) is 12.0. The van der Waals surface area contributed by atoms with Gasteiger partial charge in [-0.3, -0.25) is 14.3 Å². The van der Waals surface area contributed by atoms with Crippen LogP contribution >= 0.6 is 0 Å². The van der Waals surface area contributed by atoms with Gasteiger partial charge in [0.15, 0.2) is 0 Å². The van der Waals surface area contributed by atoms with E-state index in [1.54, 1.807) is 24.0 Å². The molecule has 6 nitrogen and oxygen atoms in total. The lowest BCUT2D eigenvalue weighted by atomic mass is 9.95. The third-order valence-electron chi connectivity index (χ3n) is 5.95. The van der Waals surface area contributed by atoms with E-state index in [1.807, 2.05) is 42.5 Å². The van der Waals surface area contributed by atoms with Crippen molar-refractivity contribution in [2.24, 2.45) is 12.8 Å². The average molecular weight is 454 g/mol. The van der Waals surface area contributed by atoms with Crippen molar-refractivity contribution in [3.63, 3.8) is 0 Å². The molecule has 0 aliphatic carbocycles. The number of hydrogen-bond acceptors (Lipinski definition) is 5. The molecule has 4 rings (SSSR count). The first kappa shape index (κ1) is 23.4. The largest absolute Gasteiger partial charge is 0.354 e. The van der Waals surface area contributed by atoms with Crippen molar-refractivity contribution < 1.29 is 0 Å². The van der Waals surface area contributed by atoms with E-state index in [9.17, 15) is 4.79 Å². The molecule has 0 spiro atoms. The number of rotatable bonds is 8. The highest BCUT2D eigenvalue weighted by Gasteiger charge is 2.19. The molecule has 0 aliphatic heterocycles. The van der Waals surface area contributed by atoms with Crippen molar-refractivity contribution in [2.75, 3.05) is 11.9 Å². The molecule has 1 atom stereocenters. The summed E-state index contributed by atoms with van der Waals surface area (Å²) in [5.41, 5.74) is 11.5. The third kappa shape index (κ3) is 5.24. The van der Waals surface area contributed by atoms with Gasteiger partial charge in [0.25, 0.3) is 5.56 Å². The lowest BCUT2D eigenvalue weighted by Gasteiger charge is -2.18. The quantitative estimate of drug-likeness (QED) is 0.407. The summed E-state index contributed by atoms with van der Waals surface area (Å²) in [7, 11) is 1.74. The molecule has 0 amide bonds. The molecule has 0 saturated heterocycles. The van der Waals surface area contributed by atoms with Crippen molar-refractivity contribution in [2.45, 2.75) is 32.2 Å². The second kappa shape index (κ2) is 10.4.